The van der Waals surface area contributed by atoms with Crippen LogP contribution in [0.5, 0.6) is 0 Å². The summed E-state index contributed by atoms with van der Waals surface area (Å²) in [6.07, 6.45) is 11.6. The topological polar surface area (TPSA) is 7.76 Å². The highest BCUT2D eigenvalue weighted by molar-refractivity contribution is 6.06. The van der Waals surface area contributed by atoms with Crippen LogP contribution in [0.3, 0.4) is 0 Å². The highest BCUT2D eigenvalue weighted by Gasteiger charge is 2.51. The van der Waals surface area contributed by atoms with Crippen molar-refractivity contribution in [3.05, 3.63) is 102 Å². The number of benzene rings is 3. The Kier molecular flexibility index (Phi) is 3.42. The molecule has 1 aliphatic heterocycles. The van der Waals surface area contributed by atoms with E-state index in [1.807, 2.05) is 0 Å². The molecule has 1 saturated carbocycles. The molecule has 2 aliphatic carbocycles. The number of nitrogens with zero attached hydrogens (tertiary/aromatic N) is 2. The summed E-state index contributed by atoms with van der Waals surface area (Å²) in [6.45, 7) is 0. The molecule has 3 aromatic carbocycles. The molecule has 0 saturated heterocycles. The van der Waals surface area contributed by atoms with E-state index in [2.05, 4.69) is 94.2 Å². The van der Waals surface area contributed by atoms with Gasteiger partial charge in [-0.25, -0.2) is 0 Å². The zero-order valence-corrected chi connectivity index (χ0v) is 18.6. The largest absolute Gasteiger partial charge is 0.362 e. The Morgan fingerprint density at radius 3 is 2.55 bits per heavy atom. The lowest BCUT2D eigenvalue weighted by molar-refractivity contribution is -0.763. The van der Waals surface area contributed by atoms with Gasteiger partial charge in [-0.3, -0.25) is 4.57 Å². The molecule has 33 heavy (non-hydrogen) atoms. The SMILES string of the molecule is [c-]1c(-c2ccccc2)ccc2[n+]1[C-]1c3c(ccc4c5cccc[c-]5[n+]-2c34)CCC12CCCC2. The summed E-state index contributed by atoms with van der Waals surface area (Å²) >= 11 is 0. The zero-order chi connectivity index (χ0) is 21.6. The number of pyridine rings is 1. The maximum absolute atomic E-state index is 3.89. The highest BCUT2D eigenvalue weighted by atomic mass is 15.2. The van der Waals surface area contributed by atoms with Gasteiger partial charge in [0.1, 0.15) is 5.52 Å². The first kappa shape index (κ1) is 18.0. The molecule has 160 valence electrons. The summed E-state index contributed by atoms with van der Waals surface area (Å²) in [4.78, 5) is 0. The molecule has 8 rings (SSSR count). The zero-order valence-electron chi connectivity index (χ0n) is 18.6. The summed E-state index contributed by atoms with van der Waals surface area (Å²) in [5, 5.41) is 2.73. The van der Waals surface area contributed by atoms with E-state index in [0.29, 0.717) is 0 Å². The number of hydrogen-bond donors (Lipinski definition) is 0. The van der Waals surface area contributed by atoms with E-state index in [9.17, 15) is 0 Å². The first-order valence-electron chi connectivity index (χ1n) is 12.3. The molecule has 1 spiro atoms. The van der Waals surface area contributed by atoms with E-state index in [4.69, 9.17) is 0 Å². The fourth-order valence-corrected chi connectivity index (χ4v) is 7.03. The summed E-state index contributed by atoms with van der Waals surface area (Å²) in [5.74, 6) is 1.23. The Morgan fingerprint density at radius 2 is 1.67 bits per heavy atom. The molecule has 1 fully saturated rings. The molecule has 2 aromatic heterocycles. The molecular formula is C31H25N2-. The van der Waals surface area contributed by atoms with Gasteiger partial charge in [0.05, 0.1) is 12.2 Å². The van der Waals surface area contributed by atoms with Crippen LogP contribution < -0.4 is 9.13 Å². The first-order chi connectivity index (χ1) is 16.3. The predicted octanol–water partition coefficient (Wildman–Crippen LogP) is 5.99. The second-order valence-corrected chi connectivity index (χ2v) is 10.1. The van der Waals surface area contributed by atoms with Crippen molar-refractivity contribution >= 4 is 21.8 Å². The van der Waals surface area contributed by atoms with Crippen molar-refractivity contribution in [1.82, 2.24) is 0 Å². The smallest absolute Gasteiger partial charge is 0.266 e. The second-order valence-electron chi connectivity index (χ2n) is 10.1. The predicted molar refractivity (Wildman–Crippen MR) is 130 cm³/mol. The van der Waals surface area contributed by atoms with Crippen molar-refractivity contribution in [2.45, 2.75) is 38.5 Å². The van der Waals surface area contributed by atoms with Crippen LogP contribution in [0.25, 0.3) is 38.8 Å². The maximum Gasteiger partial charge on any atom is 0.362 e. The van der Waals surface area contributed by atoms with Crippen LogP contribution in [0.2, 0.25) is 0 Å². The fraction of sp³-hybridized carbons (Fsp3) is 0.226. The van der Waals surface area contributed by atoms with Crippen molar-refractivity contribution in [3.8, 4) is 16.9 Å². The third kappa shape index (κ3) is 2.24. The van der Waals surface area contributed by atoms with Crippen LogP contribution in [-0.4, -0.2) is 0 Å². The second kappa shape index (κ2) is 6.29. The van der Waals surface area contributed by atoms with Crippen LogP contribution in [0.1, 0.15) is 43.2 Å². The average molecular weight is 426 g/mol. The summed E-state index contributed by atoms with van der Waals surface area (Å²) in [7, 11) is 0. The number of para-hydroxylation sites is 1. The monoisotopic (exact) mass is 425 g/mol. The normalized spacial score (nSPS) is 17.8. The van der Waals surface area contributed by atoms with Crippen molar-refractivity contribution in [2.75, 3.05) is 0 Å². The fourth-order valence-electron chi connectivity index (χ4n) is 7.03. The Bertz CT molecular complexity index is 1570. The van der Waals surface area contributed by atoms with E-state index in [0.717, 1.165) is 0 Å². The van der Waals surface area contributed by atoms with Crippen LogP contribution in [-0.2, 0) is 6.42 Å². The summed E-state index contributed by atoms with van der Waals surface area (Å²) < 4.78 is 4.97. The maximum atomic E-state index is 3.89. The number of aromatic nitrogens is 2. The minimum absolute atomic E-state index is 0.272. The Hall–Kier alpha value is -3.52. The molecule has 2 heteroatoms. The lowest BCUT2D eigenvalue weighted by Crippen LogP contribution is -2.62. The molecule has 5 aromatic rings. The summed E-state index contributed by atoms with van der Waals surface area (Å²) in [5.41, 5.74) is 8.38. The van der Waals surface area contributed by atoms with Crippen molar-refractivity contribution in [2.24, 2.45) is 5.41 Å². The Balaban J connectivity index is 1.53. The third-order valence-electron chi connectivity index (χ3n) is 8.49. The molecule has 0 bridgehead atoms. The van der Waals surface area contributed by atoms with Gasteiger partial charge in [0, 0.05) is 11.0 Å². The first-order valence-corrected chi connectivity index (χ1v) is 12.3. The number of hydrogen-bond acceptors (Lipinski definition) is 0. The van der Waals surface area contributed by atoms with Gasteiger partial charge in [-0.1, -0.05) is 61.6 Å². The van der Waals surface area contributed by atoms with E-state index in [-0.39, 0.29) is 5.41 Å². The van der Waals surface area contributed by atoms with Crippen molar-refractivity contribution in [3.63, 3.8) is 0 Å². The van der Waals surface area contributed by atoms with Crippen molar-refractivity contribution in [1.29, 1.82) is 0 Å². The lowest BCUT2D eigenvalue weighted by Gasteiger charge is -2.45. The molecule has 0 amide bonds. The molecule has 0 N–H and O–H groups in total. The molecule has 0 radical (unpaired) electrons. The Morgan fingerprint density at radius 1 is 0.818 bits per heavy atom. The van der Waals surface area contributed by atoms with E-state index in [1.165, 1.54) is 94.4 Å². The van der Waals surface area contributed by atoms with Gasteiger partial charge >= 0.3 is 5.82 Å². The van der Waals surface area contributed by atoms with Gasteiger partial charge in [0.25, 0.3) is 0 Å². The lowest BCUT2D eigenvalue weighted by atomic mass is 9.65. The average Bonchev–Trinajstić information content (AvgIpc) is 3.48. The minimum atomic E-state index is 0.272. The minimum Gasteiger partial charge on any atom is -0.266 e. The quantitative estimate of drug-likeness (QED) is 0.230. The van der Waals surface area contributed by atoms with Gasteiger partial charge in [-0.15, -0.1) is 35.9 Å². The number of fused-ring (bicyclic) bond motifs is 7. The van der Waals surface area contributed by atoms with E-state index < -0.39 is 0 Å². The third-order valence-corrected chi connectivity index (χ3v) is 8.49. The Labute approximate surface area is 194 Å². The molecule has 3 heterocycles. The van der Waals surface area contributed by atoms with Crippen molar-refractivity contribution < 1.29 is 9.13 Å². The van der Waals surface area contributed by atoms with E-state index in [1.54, 1.807) is 0 Å². The van der Waals surface area contributed by atoms with E-state index >= 15 is 0 Å². The van der Waals surface area contributed by atoms with Crippen LogP contribution in [0.15, 0.2) is 78.9 Å². The van der Waals surface area contributed by atoms with Gasteiger partial charge in [-0.2, -0.15) is 16.2 Å². The highest BCUT2D eigenvalue weighted by Crippen LogP contribution is 2.55. The molecule has 0 unspecified atom stereocenters. The molecular weight excluding hydrogens is 400 g/mol. The van der Waals surface area contributed by atoms with Gasteiger partial charge in [0.15, 0.2) is 5.52 Å². The number of aryl methyl sites for hydroxylation is 1. The van der Waals surface area contributed by atoms with Crippen LogP contribution in [0.4, 0.5) is 0 Å². The molecule has 0 atom stereocenters. The standard InChI is InChI=1S/C31H25N2/c1-2-8-21(9-3-1)23-13-15-27-32(20-23)30-28-22(16-19-31(30)17-6-7-18-31)12-14-25-24-10-4-5-11-26(24)33(27)29(25)28/h1-5,8-15H,6-7,16-19H2/q-1. The van der Waals surface area contributed by atoms with Crippen LogP contribution >= 0.6 is 0 Å². The molecule has 2 nitrogen and oxygen atoms in total. The van der Waals surface area contributed by atoms with Crippen LogP contribution in [0, 0.1) is 17.7 Å². The van der Waals surface area contributed by atoms with Gasteiger partial charge in [-0.05, 0) is 35.7 Å². The van der Waals surface area contributed by atoms with Gasteiger partial charge < -0.3 is 0 Å². The number of rotatable bonds is 1. The molecule has 3 aliphatic rings. The summed E-state index contributed by atoms with van der Waals surface area (Å²) in [6, 6.07) is 30.5. The van der Waals surface area contributed by atoms with Gasteiger partial charge in [0.2, 0.25) is 0 Å².